The highest BCUT2D eigenvalue weighted by atomic mass is 16.5. The van der Waals surface area contributed by atoms with Gasteiger partial charge in [-0.25, -0.2) is 0 Å². The molecular formula is C30H35NO3. The third-order valence-electron chi connectivity index (χ3n) is 6.48. The fourth-order valence-corrected chi connectivity index (χ4v) is 4.23. The highest BCUT2D eigenvalue weighted by Crippen LogP contribution is 2.41. The van der Waals surface area contributed by atoms with E-state index in [0.29, 0.717) is 31.6 Å². The smallest absolute Gasteiger partial charge is 0.256 e. The van der Waals surface area contributed by atoms with Crippen LogP contribution in [0.15, 0.2) is 72.8 Å². The van der Waals surface area contributed by atoms with Crippen molar-refractivity contribution in [3.8, 4) is 16.9 Å². The molecule has 0 heterocycles. The van der Waals surface area contributed by atoms with Crippen LogP contribution >= 0.6 is 0 Å². The number of carbonyl (C=O) groups is 1. The lowest BCUT2D eigenvalue weighted by Gasteiger charge is -2.29. The van der Waals surface area contributed by atoms with E-state index in [1.165, 1.54) is 18.4 Å². The first-order valence-corrected chi connectivity index (χ1v) is 12.4. The molecule has 4 rings (SSSR count). The van der Waals surface area contributed by atoms with Gasteiger partial charge in [0.25, 0.3) is 5.91 Å². The van der Waals surface area contributed by atoms with Gasteiger partial charge in [-0.15, -0.1) is 0 Å². The zero-order valence-electron chi connectivity index (χ0n) is 20.3. The third-order valence-corrected chi connectivity index (χ3v) is 6.48. The number of amides is 1. The van der Waals surface area contributed by atoms with Gasteiger partial charge < -0.3 is 14.7 Å². The van der Waals surface area contributed by atoms with Crippen LogP contribution in [0, 0.1) is 6.92 Å². The average Bonchev–Trinajstić information content (AvgIpc) is 3.61. The van der Waals surface area contributed by atoms with Crippen LogP contribution in [0.2, 0.25) is 0 Å². The van der Waals surface area contributed by atoms with Gasteiger partial charge in [-0.3, -0.25) is 4.79 Å². The quantitative estimate of drug-likeness (QED) is 0.256. The molecular weight excluding hydrogens is 422 g/mol. The first-order valence-electron chi connectivity index (χ1n) is 12.4. The van der Waals surface area contributed by atoms with E-state index in [4.69, 9.17) is 4.74 Å². The maximum Gasteiger partial charge on any atom is 0.256 e. The van der Waals surface area contributed by atoms with E-state index in [1.807, 2.05) is 54.6 Å². The summed E-state index contributed by atoms with van der Waals surface area (Å²) in [5.41, 5.74) is 3.81. The van der Waals surface area contributed by atoms with Crippen LogP contribution in [0.3, 0.4) is 0 Å². The van der Waals surface area contributed by atoms with E-state index in [2.05, 4.69) is 32.0 Å². The van der Waals surface area contributed by atoms with Crippen LogP contribution in [0.4, 0.5) is 0 Å². The van der Waals surface area contributed by atoms with Gasteiger partial charge in [0.15, 0.2) is 0 Å². The molecule has 0 spiro atoms. The predicted octanol–water partition coefficient (Wildman–Crippen LogP) is 6.75. The molecule has 4 heteroatoms. The van der Waals surface area contributed by atoms with Crippen molar-refractivity contribution in [2.24, 2.45) is 0 Å². The van der Waals surface area contributed by atoms with Crippen LogP contribution in [0.1, 0.15) is 66.9 Å². The number of unbranched alkanes of at least 4 members (excludes halogenated alkanes) is 3. The van der Waals surface area contributed by atoms with Crippen LogP contribution in [0.5, 0.6) is 5.75 Å². The molecule has 1 fully saturated rings. The summed E-state index contributed by atoms with van der Waals surface area (Å²) in [7, 11) is 0. The van der Waals surface area contributed by atoms with Crippen molar-refractivity contribution in [2.75, 3.05) is 6.61 Å². The molecule has 0 radical (unpaired) electrons. The van der Waals surface area contributed by atoms with Gasteiger partial charge in [0.1, 0.15) is 11.5 Å². The van der Waals surface area contributed by atoms with Crippen molar-refractivity contribution in [1.82, 2.24) is 4.90 Å². The summed E-state index contributed by atoms with van der Waals surface area (Å²) in [5, 5.41) is 11.0. The molecule has 1 amide bonds. The summed E-state index contributed by atoms with van der Waals surface area (Å²) in [4.78, 5) is 15.1. The predicted molar refractivity (Wildman–Crippen MR) is 137 cm³/mol. The van der Waals surface area contributed by atoms with Gasteiger partial charge in [-0.2, -0.15) is 0 Å². The standard InChI is InChI=1S/C30H35NO3/c1-3-4-5-8-20-34-28-13-7-6-11-27(28)22-31(30(33)18-19-30)29(32)25-16-14-24(15-17-25)26-12-9-10-23(2)21-26/h6-7,9-17,21,33H,3-5,8,18-20,22H2,1-2H3. The Labute approximate surface area is 203 Å². The Kier molecular flexibility index (Phi) is 7.69. The number of hydrogen-bond acceptors (Lipinski definition) is 3. The van der Waals surface area contributed by atoms with Crippen LogP contribution in [-0.4, -0.2) is 28.2 Å². The first-order chi connectivity index (χ1) is 16.5. The van der Waals surface area contributed by atoms with Crippen molar-refractivity contribution in [3.05, 3.63) is 89.5 Å². The summed E-state index contributed by atoms with van der Waals surface area (Å²) in [5.74, 6) is 0.629. The molecule has 178 valence electrons. The molecule has 1 N–H and O–H groups in total. The largest absolute Gasteiger partial charge is 0.493 e. The molecule has 3 aromatic rings. The topological polar surface area (TPSA) is 49.8 Å². The van der Waals surface area contributed by atoms with Gasteiger partial charge in [0, 0.05) is 11.1 Å². The Bertz CT molecular complexity index is 1100. The summed E-state index contributed by atoms with van der Waals surface area (Å²) < 4.78 is 6.06. The lowest BCUT2D eigenvalue weighted by molar-refractivity contribution is -0.0150. The van der Waals surface area contributed by atoms with Crippen LogP contribution < -0.4 is 4.74 Å². The zero-order valence-corrected chi connectivity index (χ0v) is 20.3. The number of carbonyl (C=O) groups excluding carboxylic acids is 1. The molecule has 1 aliphatic rings. The second-order valence-corrected chi connectivity index (χ2v) is 9.34. The summed E-state index contributed by atoms with van der Waals surface area (Å²) >= 11 is 0. The molecule has 1 saturated carbocycles. The van der Waals surface area contributed by atoms with Gasteiger partial charge in [-0.1, -0.05) is 86.3 Å². The van der Waals surface area contributed by atoms with Gasteiger partial charge in [-0.05, 0) is 55.5 Å². The Morgan fingerprint density at radius 3 is 2.41 bits per heavy atom. The lowest BCUT2D eigenvalue weighted by atomic mass is 10.0. The fourth-order valence-electron chi connectivity index (χ4n) is 4.23. The zero-order chi connectivity index (χ0) is 24.0. The molecule has 0 aromatic heterocycles. The summed E-state index contributed by atoms with van der Waals surface area (Å²) in [6.07, 6.45) is 5.77. The molecule has 0 unspecified atom stereocenters. The lowest BCUT2D eigenvalue weighted by Crippen LogP contribution is -2.41. The van der Waals surface area contributed by atoms with Crippen molar-refractivity contribution >= 4 is 5.91 Å². The van der Waals surface area contributed by atoms with Gasteiger partial charge in [0.2, 0.25) is 0 Å². The van der Waals surface area contributed by atoms with E-state index >= 15 is 0 Å². The molecule has 0 atom stereocenters. The van der Waals surface area contributed by atoms with E-state index in [0.717, 1.165) is 35.3 Å². The van der Waals surface area contributed by atoms with E-state index < -0.39 is 5.72 Å². The highest BCUT2D eigenvalue weighted by Gasteiger charge is 2.49. The number of hydrogen-bond donors (Lipinski definition) is 1. The maximum absolute atomic E-state index is 13.5. The Morgan fingerprint density at radius 2 is 1.71 bits per heavy atom. The molecule has 0 saturated heterocycles. The van der Waals surface area contributed by atoms with E-state index in [9.17, 15) is 9.90 Å². The minimum absolute atomic E-state index is 0.159. The summed E-state index contributed by atoms with van der Waals surface area (Å²) in [6.45, 7) is 5.25. The van der Waals surface area contributed by atoms with Crippen LogP contribution in [0.25, 0.3) is 11.1 Å². The minimum atomic E-state index is -1.08. The fraction of sp³-hybridized carbons (Fsp3) is 0.367. The van der Waals surface area contributed by atoms with Crippen molar-refractivity contribution in [2.45, 2.75) is 64.6 Å². The number of rotatable bonds is 11. The number of aryl methyl sites for hydroxylation is 1. The van der Waals surface area contributed by atoms with Crippen molar-refractivity contribution < 1.29 is 14.6 Å². The Hall–Kier alpha value is -3.11. The number of para-hydroxylation sites is 1. The van der Waals surface area contributed by atoms with Gasteiger partial charge >= 0.3 is 0 Å². The molecule has 3 aromatic carbocycles. The number of benzene rings is 3. The van der Waals surface area contributed by atoms with E-state index in [-0.39, 0.29) is 5.91 Å². The average molecular weight is 458 g/mol. The maximum atomic E-state index is 13.5. The molecule has 0 bridgehead atoms. The number of ether oxygens (including phenoxy) is 1. The van der Waals surface area contributed by atoms with Crippen molar-refractivity contribution in [1.29, 1.82) is 0 Å². The number of aliphatic hydroxyl groups is 1. The van der Waals surface area contributed by atoms with Crippen molar-refractivity contribution in [3.63, 3.8) is 0 Å². The highest BCUT2D eigenvalue weighted by molar-refractivity contribution is 5.95. The second kappa shape index (κ2) is 10.9. The minimum Gasteiger partial charge on any atom is -0.493 e. The molecule has 34 heavy (non-hydrogen) atoms. The monoisotopic (exact) mass is 457 g/mol. The third kappa shape index (κ3) is 5.87. The molecule has 4 nitrogen and oxygen atoms in total. The molecule has 1 aliphatic carbocycles. The Morgan fingerprint density at radius 1 is 0.941 bits per heavy atom. The second-order valence-electron chi connectivity index (χ2n) is 9.34. The summed E-state index contributed by atoms with van der Waals surface area (Å²) in [6, 6.07) is 23.8. The first kappa shape index (κ1) is 24.0. The van der Waals surface area contributed by atoms with Crippen LogP contribution in [-0.2, 0) is 6.54 Å². The normalized spacial score (nSPS) is 14.0. The Balaban J connectivity index is 1.50. The van der Waals surface area contributed by atoms with E-state index in [1.54, 1.807) is 4.90 Å². The molecule has 0 aliphatic heterocycles. The number of nitrogens with zero attached hydrogens (tertiary/aromatic N) is 1. The SMILES string of the molecule is CCCCCCOc1ccccc1CN(C(=O)c1ccc(-c2cccc(C)c2)cc1)C1(O)CC1. The van der Waals surface area contributed by atoms with Gasteiger partial charge in [0.05, 0.1) is 13.2 Å².